The van der Waals surface area contributed by atoms with Crippen LogP contribution in [-0.4, -0.2) is 48.2 Å². The molecule has 0 radical (unpaired) electrons. The maximum Gasteiger partial charge on any atom is 0.412 e. The average molecular weight is 429 g/mol. The smallest absolute Gasteiger partial charge is 0.412 e. The number of aryl methyl sites for hydroxylation is 1. The molecular weight excluding hydrogens is 402 g/mol. The van der Waals surface area contributed by atoms with Gasteiger partial charge < -0.3 is 24.4 Å². The lowest BCUT2D eigenvalue weighted by atomic mass is 10.0. The van der Waals surface area contributed by atoms with E-state index in [0.29, 0.717) is 17.0 Å². The number of carboxylic acids is 1. The summed E-state index contributed by atoms with van der Waals surface area (Å²) in [7, 11) is 0. The van der Waals surface area contributed by atoms with Crippen LogP contribution in [0.4, 0.5) is 10.5 Å². The molecule has 8 nitrogen and oxygen atoms in total. The second kappa shape index (κ2) is 12.4. The molecule has 1 amide bonds. The molecule has 0 unspecified atom stereocenters. The number of nitrogens with one attached hydrogen (secondary N) is 1. The molecule has 31 heavy (non-hydrogen) atoms. The molecule has 2 rings (SSSR count). The van der Waals surface area contributed by atoms with Crippen molar-refractivity contribution in [3.05, 3.63) is 71.8 Å². The number of hydrogen-bond acceptors (Lipinski definition) is 6. The van der Waals surface area contributed by atoms with Crippen molar-refractivity contribution < 1.29 is 34.0 Å². The highest BCUT2D eigenvalue weighted by molar-refractivity contribution is 5.84. The maximum absolute atomic E-state index is 12.6. The molecule has 3 N–H and O–H groups in total. The van der Waals surface area contributed by atoms with E-state index < -0.39 is 24.3 Å². The second-order valence-electron chi connectivity index (χ2n) is 6.58. The highest BCUT2D eigenvalue weighted by Gasteiger charge is 2.27. The van der Waals surface area contributed by atoms with E-state index in [2.05, 4.69) is 5.32 Å². The third-order valence-corrected chi connectivity index (χ3v) is 4.16. The summed E-state index contributed by atoms with van der Waals surface area (Å²) < 4.78 is 16.8. The topological polar surface area (TPSA) is 114 Å². The summed E-state index contributed by atoms with van der Waals surface area (Å²) in [4.78, 5) is 23.6. The van der Waals surface area contributed by atoms with Gasteiger partial charge in [0.2, 0.25) is 0 Å². The fourth-order valence-electron chi connectivity index (χ4n) is 2.78. The van der Waals surface area contributed by atoms with Gasteiger partial charge in [-0.2, -0.15) is 0 Å². The summed E-state index contributed by atoms with van der Waals surface area (Å²) in [6.45, 7) is 3.93. The minimum Gasteiger partial charge on any atom is -0.491 e. The summed E-state index contributed by atoms with van der Waals surface area (Å²) in [5.41, 5.74) is 2.15. The number of anilines is 1. The predicted octanol–water partition coefficient (Wildman–Crippen LogP) is 3.70. The van der Waals surface area contributed by atoms with E-state index in [1.165, 1.54) is 6.08 Å². The highest BCUT2D eigenvalue weighted by atomic mass is 16.6. The molecule has 0 aliphatic heterocycles. The molecule has 0 heterocycles. The lowest BCUT2D eigenvalue weighted by molar-refractivity contribution is -0.131. The number of amides is 1. The molecule has 0 bridgehead atoms. The van der Waals surface area contributed by atoms with Gasteiger partial charge in [-0.3, -0.25) is 5.32 Å². The van der Waals surface area contributed by atoms with Crippen molar-refractivity contribution in [1.29, 1.82) is 0 Å². The van der Waals surface area contributed by atoms with Gasteiger partial charge in [-0.15, -0.1) is 0 Å². The summed E-state index contributed by atoms with van der Waals surface area (Å²) in [5.74, 6) is -0.677. The first-order chi connectivity index (χ1) is 14.9. The van der Waals surface area contributed by atoms with Gasteiger partial charge in [-0.1, -0.05) is 29.8 Å². The Morgan fingerprint density at radius 1 is 1.16 bits per heavy atom. The first kappa shape index (κ1) is 23.9. The van der Waals surface area contributed by atoms with Crippen LogP contribution in [0.2, 0.25) is 0 Å². The van der Waals surface area contributed by atoms with Gasteiger partial charge in [-0.05, 0) is 49.8 Å². The van der Waals surface area contributed by atoms with Crippen LogP contribution in [0, 0.1) is 6.92 Å². The maximum atomic E-state index is 12.6. The Morgan fingerprint density at radius 2 is 1.90 bits per heavy atom. The Morgan fingerprint density at radius 3 is 2.55 bits per heavy atom. The Labute approximate surface area is 181 Å². The number of carbonyl (C=O) groups is 2. The minimum absolute atomic E-state index is 0.108. The number of rotatable bonds is 11. The number of aliphatic hydroxyl groups excluding tert-OH is 1. The number of aliphatic hydroxyl groups is 1. The van der Waals surface area contributed by atoms with Crippen LogP contribution in [0.5, 0.6) is 5.75 Å². The number of ether oxygens (including phenoxy) is 3. The molecule has 0 saturated heterocycles. The highest BCUT2D eigenvalue weighted by Crippen LogP contribution is 2.28. The lowest BCUT2D eigenvalue weighted by Crippen LogP contribution is -2.28. The Hall–Kier alpha value is -3.36. The van der Waals surface area contributed by atoms with Crippen molar-refractivity contribution in [2.75, 3.05) is 25.1 Å². The standard InChI is InChI=1S/C23H27NO7/c1-3-29-20(11-12-21(26)27)22(17-5-4-6-19(15-17)30-14-13-25)31-23(28)24-18-9-7-16(2)8-10-18/h4-12,15,20,22,25H,3,13-14H2,1-2H3,(H,24,28)(H,26,27)/b12-11+/t20-,22-/m1/s1. The quantitative estimate of drug-likeness (QED) is 0.467. The van der Waals surface area contributed by atoms with Crippen LogP contribution in [0.1, 0.15) is 24.2 Å². The fraction of sp³-hybridized carbons (Fsp3) is 0.304. The van der Waals surface area contributed by atoms with Gasteiger partial charge in [-0.25, -0.2) is 9.59 Å². The number of carbonyl (C=O) groups excluding carboxylic acids is 1. The molecule has 166 valence electrons. The average Bonchev–Trinajstić information content (AvgIpc) is 2.75. The van der Waals surface area contributed by atoms with E-state index in [0.717, 1.165) is 11.6 Å². The van der Waals surface area contributed by atoms with Crippen LogP contribution in [-0.2, 0) is 14.3 Å². The first-order valence-electron chi connectivity index (χ1n) is 9.83. The van der Waals surface area contributed by atoms with E-state index in [1.807, 2.05) is 19.1 Å². The third kappa shape index (κ3) is 8.12. The largest absolute Gasteiger partial charge is 0.491 e. The molecule has 0 aliphatic carbocycles. The summed E-state index contributed by atoms with van der Waals surface area (Å²) >= 11 is 0. The van der Waals surface area contributed by atoms with Crippen LogP contribution in [0.25, 0.3) is 0 Å². The van der Waals surface area contributed by atoms with Gasteiger partial charge >= 0.3 is 12.1 Å². The molecule has 8 heteroatoms. The monoisotopic (exact) mass is 429 g/mol. The van der Waals surface area contributed by atoms with E-state index in [9.17, 15) is 9.59 Å². The SMILES string of the molecule is CCO[C@H](/C=C/C(=O)O)[C@H](OC(=O)Nc1ccc(C)cc1)c1cccc(OCCO)c1. The second-order valence-corrected chi connectivity index (χ2v) is 6.58. The van der Waals surface area contributed by atoms with Crippen molar-refractivity contribution in [2.45, 2.75) is 26.1 Å². The number of carboxylic acid groups (broad SMARTS) is 1. The van der Waals surface area contributed by atoms with Crippen molar-refractivity contribution in [3.63, 3.8) is 0 Å². The van der Waals surface area contributed by atoms with Crippen molar-refractivity contribution in [3.8, 4) is 5.75 Å². The summed E-state index contributed by atoms with van der Waals surface area (Å²) in [6, 6.07) is 14.0. The minimum atomic E-state index is -1.15. The molecule has 0 aromatic heterocycles. The van der Waals surface area contributed by atoms with Crippen LogP contribution >= 0.6 is 0 Å². The van der Waals surface area contributed by atoms with Crippen molar-refractivity contribution in [1.82, 2.24) is 0 Å². The first-order valence-corrected chi connectivity index (χ1v) is 9.83. The third-order valence-electron chi connectivity index (χ3n) is 4.16. The lowest BCUT2D eigenvalue weighted by Gasteiger charge is -2.25. The molecule has 2 aromatic rings. The fourth-order valence-corrected chi connectivity index (χ4v) is 2.78. The Bertz CT molecular complexity index is 880. The summed E-state index contributed by atoms with van der Waals surface area (Å²) in [6.07, 6.45) is -0.238. The molecule has 0 spiro atoms. The Kier molecular flexibility index (Phi) is 9.54. The van der Waals surface area contributed by atoms with Crippen LogP contribution < -0.4 is 10.1 Å². The number of aliphatic carboxylic acids is 1. The van der Waals surface area contributed by atoms with E-state index in [1.54, 1.807) is 43.3 Å². The van der Waals surface area contributed by atoms with Crippen molar-refractivity contribution in [2.24, 2.45) is 0 Å². The van der Waals surface area contributed by atoms with Gasteiger partial charge in [0.1, 0.15) is 18.5 Å². The normalized spacial score (nSPS) is 12.9. The van der Waals surface area contributed by atoms with Gasteiger partial charge in [0.05, 0.1) is 6.61 Å². The van der Waals surface area contributed by atoms with Crippen LogP contribution in [0.3, 0.4) is 0 Å². The molecule has 2 atom stereocenters. The van der Waals surface area contributed by atoms with Crippen LogP contribution in [0.15, 0.2) is 60.7 Å². The molecule has 2 aromatic carbocycles. The van der Waals surface area contributed by atoms with Crippen molar-refractivity contribution >= 4 is 17.7 Å². The Balaban J connectivity index is 2.30. The van der Waals surface area contributed by atoms with Gasteiger partial charge in [0, 0.05) is 18.4 Å². The van der Waals surface area contributed by atoms with Gasteiger partial charge in [0.25, 0.3) is 0 Å². The number of benzene rings is 2. The zero-order valence-corrected chi connectivity index (χ0v) is 17.5. The predicted molar refractivity (Wildman–Crippen MR) is 115 cm³/mol. The van der Waals surface area contributed by atoms with E-state index >= 15 is 0 Å². The van der Waals surface area contributed by atoms with E-state index in [4.69, 9.17) is 24.4 Å². The summed E-state index contributed by atoms with van der Waals surface area (Å²) in [5, 5.41) is 20.7. The number of hydrogen-bond donors (Lipinski definition) is 3. The molecule has 0 saturated carbocycles. The molecule has 0 fully saturated rings. The molecular formula is C23H27NO7. The molecule has 0 aliphatic rings. The van der Waals surface area contributed by atoms with E-state index in [-0.39, 0.29) is 19.8 Å². The zero-order valence-electron chi connectivity index (χ0n) is 17.5. The van der Waals surface area contributed by atoms with Gasteiger partial charge in [0.15, 0.2) is 6.10 Å². The zero-order chi connectivity index (χ0) is 22.6.